The zero-order valence-corrected chi connectivity index (χ0v) is 11.6. The highest BCUT2D eigenvalue weighted by Gasteiger charge is 2.29. The number of hydrogen-bond donors (Lipinski definition) is 3. The van der Waals surface area contributed by atoms with Crippen molar-refractivity contribution in [3.05, 3.63) is 28.2 Å². The molecule has 1 fully saturated rings. The average Bonchev–Trinajstić information content (AvgIpc) is 3.08. The number of nitrogens with one attached hydrogen (secondary N) is 3. The summed E-state index contributed by atoms with van der Waals surface area (Å²) in [6.45, 7) is 0. The van der Waals surface area contributed by atoms with Crippen LogP contribution in [0.2, 0.25) is 10.0 Å². The number of benzene rings is 1. The summed E-state index contributed by atoms with van der Waals surface area (Å²) in [6, 6.07) is 4.99. The number of hydrogen-bond acceptors (Lipinski definition) is 2. The lowest BCUT2D eigenvalue weighted by molar-refractivity contribution is -0.122. The van der Waals surface area contributed by atoms with Crippen molar-refractivity contribution in [1.82, 2.24) is 10.9 Å². The first-order chi connectivity index (χ1) is 8.54. The predicted octanol–water partition coefficient (Wildman–Crippen LogP) is 2.72. The van der Waals surface area contributed by atoms with Gasteiger partial charge in [0.1, 0.15) is 0 Å². The first-order valence-corrected chi connectivity index (χ1v) is 6.54. The van der Waals surface area contributed by atoms with E-state index in [9.17, 15) is 4.79 Å². The number of hydrazine groups is 1. The van der Waals surface area contributed by atoms with Crippen molar-refractivity contribution in [2.45, 2.75) is 12.8 Å². The van der Waals surface area contributed by atoms with Crippen LogP contribution in [0.3, 0.4) is 0 Å². The Bertz CT molecular complexity index is 471. The fourth-order valence-electron chi connectivity index (χ4n) is 1.35. The van der Waals surface area contributed by atoms with Gasteiger partial charge >= 0.3 is 0 Å². The molecule has 0 unspecified atom stereocenters. The zero-order valence-electron chi connectivity index (χ0n) is 9.30. The van der Waals surface area contributed by atoms with Crippen LogP contribution in [0.25, 0.3) is 0 Å². The summed E-state index contributed by atoms with van der Waals surface area (Å²) in [4.78, 5) is 11.4. The van der Waals surface area contributed by atoms with E-state index in [2.05, 4.69) is 16.2 Å². The van der Waals surface area contributed by atoms with Crippen LogP contribution in [0.4, 0.5) is 5.69 Å². The van der Waals surface area contributed by atoms with Gasteiger partial charge in [-0.15, -0.1) is 0 Å². The molecular weight excluding hydrogens is 293 g/mol. The molecular formula is C11H11Cl2N3OS. The van der Waals surface area contributed by atoms with Crippen LogP contribution in [-0.4, -0.2) is 11.0 Å². The molecule has 7 heteroatoms. The summed E-state index contributed by atoms with van der Waals surface area (Å²) in [5, 5.41) is 4.17. The number of thiocarbonyl (C=S) groups is 1. The fourth-order valence-corrected chi connectivity index (χ4v) is 2.05. The third-order valence-electron chi connectivity index (χ3n) is 2.37. The highest BCUT2D eigenvalue weighted by atomic mass is 35.5. The second-order valence-electron chi connectivity index (χ2n) is 4.00. The molecule has 1 aromatic rings. The minimum atomic E-state index is -0.0386. The van der Waals surface area contributed by atoms with Gasteiger partial charge in [-0.05, 0) is 43.3 Å². The van der Waals surface area contributed by atoms with E-state index in [-0.39, 0.29) is 16.9 Å². The number of halogens is 2. The normalized spacial score (nSPS) is 13.9. The van der Waals surface area contributed by atoms with Crippen molar-refractivity contribution in [3.8, 4) is 0 Å². The molecule has 4 nitrogen and oxygen atoms in total. The van der Waals surface area contributed by atoms with Gasteiger partial charge in [-0.3, -0.25) is 15.6 Å². The maximum atomic E-state index is 11.4. The summed E-state index contributed by atoms with van der Waals surface area (Å²) in [6.07, 6.45) is 1.88. The average molecular weight is 304 g/mol. The van der Waals surface area contributed by atoms with Crippen molar-refractivity contribution in [3.63, 3.8) is 0 Å². The van der Waals surface area contributed by atoms with Gasteiger partial charge in [-0.25, -0.2) is 0 Å². The zero-order chi connectivity index (χ0) is 13.1. The molecule has 0 bridgehead atoms. The SMILES string of the molecule is O=C(NNC(=S)Nc1cc(Cl)cc(Cl)c1)C1CC1. The Morgan fingerprint density at radius 1 is 1.17 bits per heavy atom. The Labute approximate surface area is 120 Å². The summed E-state index contributed by atoms with van der Waals surface area (Å²) >= 11 is 16.7. The molecule has 1 aliphatic rings. The maximum Gasteiger partial charge on any atom is 0.241 e. The van der Waals surface area contributed by atoms with E-state index in [4.69, 9.17) is 35.4 Å². The molecule has 2 rings (SSSR count). The summed E-state index contributed by atoms with van der Waals surface area (Å²) in [7, 11) is 0. The second-order valence-corrected chi connectivity index (χ2v) is 5.28. The van der Waals surface area contributed by atoms with Gasteiger partial charge in [-0.2, -0.15) is 0 Å². The van der Waals surface area contributed by atoms with Gasteiger partial charge in [0.25, 0.3) is 0 Å². The van der Waals surface area contributed by atoms with Crippen LogP contribution < -0.4 is 16.2 Å². The topological polar surface area (TPSA) is 53.2 Å². The highest BCUT2D eigenvalue weighted by Crippen LogP contribution is 2.28. The summed E-state index contributed by atoms with van der Waals surface area (Å²) < 4.78 is 0. The van der Waals surface area contributed by atoms with Gasteiger partial charge in [0.15, 0.2) is 5.11 Å². The molecule has 0 saturated heterocycles. The Balaban J connectivity index is 1.84. The lowest BCUT2D eigenvalue weighted by atomic mass is 10.3. The molecule has 0 spiro atoms. The molecule has 0 heterocycles. The predicted molar refractivity (Wildman–Crippen MR) is 76.7 cm³/mol. The molecule has 1 saturated carbocycles. The Kier molecular flexibility index (Phi) is 4.27. The molecule has 0 radical (unpaired) electrons. The summed E-state index contributed by atoms with van der Waals surface area (Å²) in [5.74, 6) is 0.0872. The first kappa shape index (κ1) is 13.4. The number of carbonyl (C=O) groups is 1. The van der Waals surface area contributed by atoms with E-state index < -0.39 is 0 Å². The second kappa shape index (κ2) is 5.73. The van der Waals surface area contributed by atoms with E-state index in [1.54, 1.807) is 18.2 Å². The van der Waals surface area contributed by atoms with Crippen molar-refractivity contribution in [2.75, 3.05) is 5.32 Å². The Morgan fingerprint density at radius 2 is 1.78 bits per heavy atom. The lowest BCUT2D eigenvalue weighted by Crippen LogP contribution is -2.44. The van der Waals surface area contributed by atoms with E-state index in [1.807, 2.05) is 0 Å². The van der Waals surface area contributed by atoms with Crippen LogP contribution in [-0.2, 0) is 4.79 Å². The van der Waals surface area contributed by atoms with E-state index in [0.717, 1.165) is 12.8 Å². The van der Waals surface area contributed by atoms with Crippen molar-refractivity contribution >= 4 is 52.1 Å². The van der Waals surface area contributed by atoms with Crippen LogP contribution in [0.5, 0.6) is 0 Å². The molecule has 0 aliphatic heterocycles. The Morgan fingerprint density at radius 3 is 2.33 bits per heavy atom. The number of anilines is 1. The molecule has 0 aromatic heterocycles. The molecule has 0 atom stereocenters. The smallest absolute Gasteiger partial charge is 0.241 e. The van der Waals surface area contributed by atoms with Crippen LogP contribution in [0.15, 0.2) is 18.2 Å². The third kappa shape index (κ3) is 4.01. The van der Waals surface area contributed by atoms with Crippen molar-refractivity contribution in [1.29, 1.82) is 0 Å². The number of carbonyl (C=O) groups excluding carboxylic acids is 1. The third-order valence-corrected chi connectivity index (χ3v) is 3.01. The van der Waals surface area contributed by atoms with Crippen molar-refractivity contribution < 1.29 is 4.79 Å². The molecule has 1 amide bonds. The van der Waals surface area contributed by atoms with Crippen molar-refractivity contribution in [2.24, 2.45) is 5.92 Å². The van der Waals surface area contributed by atoms with Gasteiger partial charge in [0.05, 0.1) is 0 Å². The van der Waals surface area contributed by atoms with Crippen LogP contribution in [0.1, 0.15) is 12.8 Å². The Hall–Kier alpha value is -1.04. The van der Waals surface area contributed by atoms with E-state index >= 15 is 0 Å². The largest absolute Gasteiger partial charge is 0.331 e. The van der Waals surface area contributed by atoms with Gasteiger partial charge in [0.2, 0.25) is 5.91 Å². The lowest BCUT2D eigenvalue weighted by Gasteiger charge is -2.11. The standard InChI is InChI=1S/C11H11Cl2N3OS/c12-7-3-8(13)5-9(4-7)14-11(18)16-15-10(17)6-1-2-6/h3-6H,1-2H2,(H,15,17)(H2,14,16,18). The minimum Gasteiger partial charge on any atom is -0.331 e. The molecule has 96 valence electrons. The van der Waals surface area contributed by atoms with E-state index in [0.29, 0.717) is 15.7 Å². The molecule has 1 aliphatic carbocycles. The maximum absolute atomic E-state index is 11.4. The van der Waals surface area contributed by atoms with Crippen LogP contribution in [0, 0.1) is 5.92 Å². The minimum absolute atomic E-state index is 0.0386. The summed E-state index contributed by atoms with van der Waals surface area (Å²) in [5.41, 5.74) is 5.82. The van der Waals surface area contributed by atoms with Gasteiger partial charge in [-0.1, -0.05) is 23.2 Å². The molecule has 1 aromatic carbocycles. The number of amides is 1. The van der Waals surface area contributed by atoms with Crippen LogP contribution >= 0.6 is 35.4 Å². The first-order valence-electron chi connectivity index (χ1n) is 5.37. The number of rotatable bonds is 2. The monoisotopic (exact) mass is 303 g/mol. The van der Waals surface area contributed by atoms with Gasteiger partial charge < -0.3 is 5.32 Å². The van der Waals surface area contributed by atoms with Gasteiger partial charge in [0, 0.05) is 21.7 Å². The molecule has 18 heavy (non-hydrogen) atoms. The molecule has 3 N–H and O–H groups in total. The fraction of sp³-hybridized carbons (Fsp3) is 0.273. The van der Waals surface area contributed by atoms with E-state index in [1.165, 1.54) is 0 Å². The quantitative estimate of drug-likeness (QED) is 0.581. The highest BCUT2D eigenvalue weighted by molar-refractivity contribution is 7.80.